The summed E-state index contributed by atoms with van der Waals surface area (Å²) in [7, 11) is 0. The van der Waals surface area contributed by atoms with E-state index in [4.69, 9.17) is 4.74 Å². The van der Waals surface area contributed by atoms with Gasteiger partial charge in [0, 0.05) is 12.8 Å². The van der Waals surface area contributed by atoms with Gasteiger partial charge in [0.15, 0.2) is 6.67 Å². The van der Waals surface area contributed by atoms with E-state index in [1.807, 2.05) is 44.2 Å². The van der Waals surface area contributed by atoms with E-state index < -0.39 is 5.54 Å². The van der Waals surface area contributed by atoms with Crippen LogP contribution < -0.4 is 10.2 Å². The summed E-state index contributed by atoms with van der Waals surface area (Å²) >= 11 is 0. The Hall–Kier alpha value is -2.41. The molecule has 2 saturated heterocycles. The second-order valence-electron chi connectivity index (χ2n) is 7.22. The van der Waals surface area contributed by atoms with Gasteiger partial charge in [-0.1, -0.05) is 37.3 Å². The molecule has 3 rings (SSSR count). The Morgan fingerprint density at radius 2 is 1.89 bits per heavy atom. The molecular weight excluding hydrogens is 346 g/mol. The molecule has 1 aromatic carbocycles. The van der Waals surface area contributed by atoms with Gasteiger partial charge >= 0.3 is 12.0 Å². The molecule has 0 aromatic heterocycles. The van der Waals surface area contributed by atoms with Crippen molar-refractivity contribution in [3.8, 4) is 0 Å². The maximum atomic E-state index is 13.2. The number of nitrogens with zero attached hydrogens (tertiary/aromatic N) is 1. The topological polar surface area (TPSA) is 80.2 Å². The number of likely N-dealkylation sites (tertiary alicyclic amines) is 1. The van der Waals surface area contributed by atoms with Crippen molar-refractivity contribution in [2.75, 3.05) is 26.4 Å². The van der Waals surface area contributed by atoms with Crippen LogP contribution >= 0.6 is 0 Å². The number of hydrogen-bond donors (Lipinski definition) is 2. The minimum Gasteiger partial charge on any atom is -0.466 e. The Kier molecular flexibility index (Phi) is 5.79. The Balaban J connectivity index is 1.66. The van der Waals surface area contributed by atoms with Crippen molar-refractivity contribution in [2.45, 2.75) is 38.6 Å². The van der Waals surface area contributed by atoms with Gasteiger partial charge in [0.1, 0.15) is 5.54 Å². The van der Waals surface area contributed by atoms with E-state index in [0.717, 1.165) is 36.4 Å². The number of hydrogen-bond acceptors (Lipinski definition) is 4. The summed E-state index contributed by atoms with van der Waals surface area (Å²) in [4.78, 5) is 40.1. The largest absolute Gasteiger partial charge is 0.466 e. The van der Waals surface area contributed by atoms with Crippen molar-refractivity contribution in [2.24, 2.45) is 5.92 Å². The fraction of sp³-hybridized carbons (Fsp3) is 0.550. The van der Waals surface area contributed by atoms with Gasteiger partial charge in [-0.05, 0) is 18.9 Å². The van der Waals surface area contributed by atoms with Crippen LogP contribution in [-0.2, 0) is 19.9 Å². The maximum Gasteiger partial charge on any atom is 0.329 e. The number of piperidine rings is 1. The van der Waals surface area contributed by atoms with E-state index in [1.165, 1.54) is 4.90 Å². The first-order chi connectivity index (χ1) is 13.0. The van der Waals surface area contributed by atoms with Crippen molar-refractivity contribution >= 4 is 17.9 Å². The number of carbonyl (C=O) groups is 3. The molecule has 0 spiro atoms. The summed E-state index contributed by atoms with van der Waals surface area (Å²) in [5.74, 6) is -0.405. The van der Waals surface area contributed by atoms with E-state index in [0.29, 0.717) is 19.7 Å². The summed E-state index contributed by atoms with van der Waals surface area (Å²) in [6, 6.07) is 9.06. The summed E-state index contributed by atoms with van der Waals surface area (Å²) in [6.07, 6.45) is 1.93. The van der Waals surface area contributed by atoms with E-state index in [2.05, 4.69) is 5.32 Å². The van der Waals surface area contributed by atoms with Crippen LogP contribution in [0.2, 0.25) is 0 Å². The van der Waals surface area contributed by atoms with E-state index in [9.17, 15) is 14.4 Å². The summed E-state index contributed by atoms with van der Waals surface area (Å²) in [5.41, 5.74) is -0.175. The number of benzene rings is 1. The number of amides is 3. The number of ether oxygens (including phenoxy) is 1. The lowest BCUT2D eigenvalue weighted by Crippen LogP contribution is -3.14. The van der Waals surface area contributed by atoms with Gasteiger partial charge in [-0.25, -0.2) is 9.69 Å². The van der Waals surface area contributed by atoms with E-state index in [-0.39, 0.29) is 23.8 Å². The molecule has 1 atom stereocenters. The molecule has 2 aliphatic heterocycles. The normalized spacial score (nSPS) is 28.1. The molecule has 146 valence electrons. The molecule has 0 aliphatic carbocycles. The van der Waals surface area contributed by atoms with Gasteiger partial charge in [0.05, 0.1) is 25.6 Å². The fourth-order valence-corrected chi connectivity index (χ4v) is 4.04. The van der Waals surface area contributed by atoms with Crippen LogP contribution in [0.5, 0.6) is 0 Å². The zero-order valence-corrected chi connectivity index (χ0v) is 16.0. The number of carbonyl (C=O) groups excluding carboxylic acids is 3. The second-order valence-corrected chi connectivity index (χ2v) is 7.22. The lowest BCUT2D eigenvalue weighted by atomic mass is 9.87. The van der Waals surface area contributed by atoms with Gasteiger partial charge in [0.2, 0.25) is 0 Å². The zero-order chi connectivity index (χ0) is 19.4. The third kappa shape index (κ3) is 3.69. The van der Waals surface area contributed by atoms with Crippen molar-refractivity contribution < 1.29 is 24.0 Å². The van der Waals surface area contributed by atoms with Crippen LogP contribution in [0, 0.1) is 5.92 Å². The van der Waals surface area contributed by atoms with Gasteiger partial charge in [-0.3, -0.25) is 9.59 Å². The lowest BCUT2D eigenvalue weighted by molar-refractivity contribution is -0.913. The molecule has 2 N–H and O–H groups in total. The predicted octanol–water partition coefficient (Wildman–Crippen LogP) is 0.659. The number of quaternary nitrogens is 1. The molecule has 7 nitrogen and oxygen atoms in total. The molecule has 3 amide bonds. The van der Waals surface area contributed by atoms with Gasteiger partial charge in [-0.15, -0.1) is 0 Å². The van der Waals surface area contributed by atoms with Crippen molar-refractivity contribution in [3.63, 3.8) is 0 Å². The van der Waals surface area contributed by atoms with E-state index >= 15 is 0 Å². The van der Waals surface area contributed by atoms with Crippen molar-refractivity contribution in [1.82, 2.24) is 10.2 Å². The molecule has 2 fully saturated rings. The first kappa shape index (κ1) is 19.4. The van der Waals surface area contributed by atoms with Crippen LogP contribution in [0.1, 0.15) is 38.7 Å². The van der Waals surface area contributed by atoms with Crippen LogP contribution in [0.4, 0.5) is 4.79 Å². The molecule has 0 radical (unpaired) electrons. The van der Waals surface area contributed by atoms with Gasteiger partial charge in [0.25, 0.3) is 5.91 Å². The molecular formula is C20H28N3O4+. The number of urea groups is 1. The standard InChI is InChI=1S/C20H27N3O4/c1-3-20(16-8-6-5-7-9-16)18(25)23(19(26)21-20)14-22-12-10-15(11-13-22)17(24)27-4-2/h5-9,15H,3-4,10-14H2,1-2H3,(H,21,26)/p+1/t20-/m1/s1. The number of rotatable bonds is 6. The van der Waals surface area contributed by atoms with Crippen LogP contribution in [0.25, 0.3) is 0 Å². The summed E-state index contributed by atoms with van der Waals surface area (Å²) in [6.45, 7) is 5.92. The third-order valence-electron chi connectivity index (χ3n) is 5.67. The van der Waals surface area contributed by atoms with Crippen LogP contribution in [-0.4, -0.2) is 49.2 Å². The van der Waals surface area contributed by atoms with Crippen molar-refractivity contribution in [3.05, 3.63) is 35.9 Å². The molecule has 2 heterocycles. The highest BCUT2D eigenvalue weighted by Crippen LogP contribution is 2.31. The molecule has 27 heavy (non-hydrogen) atoms. The predicted molar refractivity (Wildman–Crippen MR) is 98.7 cm³/mol. The molecule has 0 unspecified atom stereocenters. The first-order valence-corrected chi connectivity index (χ1v) is 9.71. The average molecular weight is 374 g/mol. The number of esters is 1. The highest BCUT2D eigenvalue weighted by molar-refractivity contribution is 6.07. The fourth-order valence-electron chi connectivity index (χ4n) is 4.04. The third-order valence-corrected chi connectivity index (χ3v) is 5.67. The van der Waals surface area contributed by atoms with E-state index in [1.54, 1.807) is 0 Å². The molecule has 2 aliphatic rings. The average Bonchev–Trinajstić information content (AvgIpc) is 2.94. The van der Waals surface area contributed by atoms with Crippen molar-refractivity contribution in [1.29, 1.82) is 0 Å². The number of nitrogens with one attached hydrogen (secondary N) is 2. The minimum atomic E-state index is -0.985. The molecule has 0 saturated carbocycles. The minimum absolute atomic E-state index is 0.0733. The van der Waals surface area contributed by atoms with Gasteiger partial charge in [-0.2, -0.15) is 0 Å². The maximum absolute atomic E-state index is 13.2. The summed E-state index contributed by atoms with van der Waals surface area (Å²) in [5, 5.41) is 2.92. The van der Waals surface area contributed by atoms with Gasteiger partial charge < -0.3 is 15.0 Å². The molecule has 1 aromatic rings. The van der Waals surface area contributed by atoms with Crippen LogP contribution in [0.15, 0.2) is 30.3 Å². The molecule has 7 heteroatoms. The first-order valence-electron chi connectivity index (χ1n) is 9.71. The highest BCUT2D eigenvalue weighted by Gasteiger charge is 2.52. The highest BCUT2D eigenvalue weighted by atomic mass is 16.5. The lowest BCUT2D eigenvalue weighted by Gasteiger charge is -2.30. The smallest absolute Gasteiger partial charge is 0.329 e. The quantitative estimate of drug-likeness (QED) is 0.566. The number of imide groups is 1. The second kappa shape index (κ2) is 8.08. The Morgan fingerprint density at radius 3 is 2.48 bits per heavy atom. The monoisotopic (exact) mass is 374 g/mol. The zero-order valence-electron chi connectivity index (χ0n) is 16.0. The Bertz CT molecular complexity index is 700. The van der Waals surface area contributed by atoms with Crippen LogP contribution in [0.3, 0.4) is 0 Å². The Labute approximate surface area is 159 Å². The summed E-state index contributed by atoms with van der Waals surface area (Å²) < 4.78 is 5.10. The molecule has 0 bridgehead atoms. The SMILES string of the molecule is CCOC(=O)C1CC[NH+](CN2C(=O)N[C@](CC)(c3ccccc3)C2=O)CC1. The Morgan fingerprint density at radius 1 is 1.22 bits per heavy atom.